The van der Waals surface area contributed by atoms with E-state index in [9.17, 15) is 0 Å². The summed E-state index contributed by atoms with van der Waals surface area (Å²) >= 11 is 1.67. The quantitative estimate of drug-likeness (QED) is 0.781. The van der Waals surface area contributed by atoms with Crippen LogP contribution in [-0.2, 0) is 13.1 Å². The van der Waals surface area contributed by atoms with Crippen LogP contribution in [0, 0.1) is 6.92 Å². The topological polar surface area (TPSA) is 42.7 Å². The van der Waals surface area contributed by atoms with Gasteiger partial charge in [-0.15, -0.1) is 11.3 Å². The summed E-state index contributed by atoms with van der Waals surface area (Å²) in [5, 5.41) is 11.0. The maximum Gasteiger partial charge on any atom is 0.148 e. The lowest BCUT2D eigenvalue weighted by molar-refractivity contribution is 0.688. The predicted octanol–water partition coefficient (Wildman–Crippen LogP) is 3.31. The molecule has 0 unspecified atom stereocenters. The number of aryl methyl sites for hydroxylation is 1. The zero-order valence-electron chi connectivity index (χ0n) is 11.3. The molecule has 2 aromatic heterocycles. The van der Waals surface area contributed by atoms with E-state index in [4.69, 9.17) is 0 Å². The van der Waals surface area contributed by atoms with Gasteiger partial charge in [0.1, 0.15) is 5.82 Å². The van der Waals surface area contributed by atoms with Crippen LogP contribution in [0.2, 0.25) is 0 Å². The van der Waals surface area contributed by atoms with Crippen LogP contribution in [0.15, 0.2) is 48.0 Å². The standard InChI is InChI=1S/C15H16N4S/c1-12-17-14(11-20-12)9-16-15-7-8-19(18-15)10-13-5-3-2-4-6-13/h2-8,11H,9-10H2,1H3,(H,16,18). The molecule has 0 spiro atoms. The van der Waals surface area contributed by atoms with Crippen molar-refractivity contribution in [3.63, 3.8) is 0 Å². The van der Waals surface area contributed by atoms with Gasteiger partial charge < -0.3 is 5.32 Å². The molecule has 0 aliphatic rings. The van der Waals surface area contributed by atoms with E-state index in [1.807, 2.05) is 42.1 Å². The fraction of sp³-hybridized carbons (Fsp3) is 0.200. The van der Waals surface area contributed by atoms with Crippen molar-refractivity contribution >= 4 is 17.2 Å². The lowest BCUT2D eigenvalue weighted by Crippen LogP contribution is -2.03. The molecule has 2 heterocycles. The van der Waals surface area contributed by atoms with Crippen LogP contribution in [0.4, 0.5) is 5.82 Å². The van der Waals surface area contributed by atoms with Crippen molar-refractivity contribution in [3.05, 3.63) is 64.2 Å². The van der Waals surface area contributed by atoms with E-state index in [-0.39, 0.29) is 0 Å². The summed E-state index contributed by atoms with van der Waals surface area (Å²) in [5.74, 6) is 0.881. The number of rotatable bonds is 5. The Kier molecular flexibility index (Phi) is 3.78. The lowest BCUT2D eigenvalue weighted by Gasteiger charge is -2.02. The van der Waals surface area contributed by atoms with Crippen molar-refractivity contribution in [2.24, 2.45) is 0 Å². The first kappa shape index (κ1) is 12.9. The molecular weight excluding hydrogens is 268 g/mol. The first-order chi connectivity index (χ1) is 9.79. The highest BCUT2D eigenvalue weighted by atomic mass is 32.1. The van der Waals surface area contributed by atoms with Crippen LogP contribution in [0.3, 0.4) is 0 Å². The van der Waals surface area contributed by atoms with E-state index in [1.54, 1.807) is 11.3 Å². The van der Waals surface area contributed by atoms with Gasteiger partial charge in [0, 0.05) is 17.6 Å². The van der Waals surface area contributed by atoms with Crippen molar-refractivity contribution in [3.8, 4) is 0 Å². The van der Waals surface area contributed by atoms with Gasteiger partial charge in [0.2, 0.25) is 0 Å². The molecule has 3 aromatic rings. The van der Waals surface area contributed by atoms with E-state index in [0.29, 0.717) is 6.54 Å². The minimum atomic E-state index is 0.715. The van der Waals surface area contributed by atoms with E-state index in [2.05, 4.69) is 32.9 Å². The second-order valence-electron chi connectivity index (χ2n) is 4.60. The third-order valence-corrected chi connectivity index (χ3v) is 3.77. The van der Waals surface area contributed by atoms with Gasteiger partial charge in [-0.05, 0) is 12.5 Å². The van der Waals surface area contributed by atoms with E-state index in [0.717, 1.165) is 23.1 Å². The Morgan fingerprint density at radius 1 is 1.20 bits per heavy atom. The zero-order chi connectivity index (χ0) is 13.8. The summed E-state index contributed by atoms with van der Waals surface area (Å²) in [7, 11) is 0. The summed E-state index contributed by atoms with van der Waals surface area (Å²) < 4.78 is 1.93. The molecular formula is C15H16N4S. The van der Waals surface area contributed by atoms with Gasteiger partial charge in [-0.25, -0.2) is 4.98 Å². The molecule has 1 aromatic carbocycles. The number of benzene rings is 1. The second kappa shape index (κ2) is 5.88. The maximum absolute atomic E-state index is 4.51. The molecule has 3 rings (SSSR count). The molecule has 102 valence electrons. The van der Waals surface area contributed by atoms with Crippen LogP contribution in [0.25, 0.3) is 0 Å². The molecule has 20 heavy (non-hydrogen) atoms. The number of hydrogen-bond acceptors (Lipinski definition) is 4. The molecule has 0 radical (unpaired) electrons. The molecule has 0 saturated heterocycles. The van der Waals surface area contributed by atoms with Crippen molar-refractivity contribution in [2.45, 2.75) is 20.0 Å². The monoisotopic (exact) mass is 284 g/mol. The first-order valence-corrected chi connectivity index (χ1v) is 7.40. The second-order valence-corrected chi connectivity index (χ2v) is 5.66. The molecule has 4 nitrogen and oxygen atoms in total. The van der Waals surface area contributed by atoms with Gasteiger partial charge in [0.15, 0.2) is 0 Å². The number of aromatic nitrogens is 3. The van der Waals surface area contributed by atoms with Gasteiger partial charge in [-0.1, -0.05) is 30.3 Å². The normalized spacial score (nSPS) is 10.7. The maximum atomic E-state index is 4.51. The van der Waals surface area contributed by atoms with Gasteiger partial charge in [0.25, 0.3) is 0 Å². The molecule has 1 N–H and O–H groups in total. The molecule has 5 heteroatoms. The zero-order valence-corrected chi connectivity index (χ0v) is 12.1. The smallest absolute Gasteiger partial charge is 0.148 e. The van der Waals surface area contributed by atoms with E-state index >= 15 is 0 Å². The lowest BCUT2D eigenvalue weighted by atomic mass is 10.2. The summed E-state index contributed by atoms with van der Waals surface area (Å²) in [6, 6.07) is 12.3. The van der Waals surface area contributed by atoms with Crippen molar-refractivity contribution in [2.75, 3.05) is 5.32 Å². The molecule has 0 aliphatic carbocycles. The summed E-state index contributed by atoms with van der Waals surface area (Å²) in [6.45, 7) is 3.52. The summed E-state index contributed by atoms with van der Waals surface area (Å²) in [4.78, 5) is 4.42. The fourth-order valence-electron chi connectivity index (χ4n) is 1.99. The molecule has 0 fully saturated rings. The van der Waals surface area contributed by atoms with E-state index < -0.39 is 0 Å². The SMILES string of the molecule is Cc1nc(CNc2ccn(Cc3ccccc3)n2)cs1. The molecule has 0 bridgehead atoms. The Bertz CT molecular complexity index is 672. The number of hydrogen-bond donors (Lipinski definition) is 1. The third-order valence-electron chi connectivity index (χ3n) is 2.95. The van der Waals surface area contributed by atoms with Crippen molar-refractivity contribution in [1.82, 2.24) is 14.8 Å². The van der Waals surface area contributed by atoms with Gasteiger partial charge in [0.05, 0.1) is 23.8 Å². The summed E-state index contributed by atoms with van der Waals surface area (Å²) in [6.07, 6.45) is 1.99. The van der Waals surface area contributed by atoms with E-state index in [1.165, 1.54) is 5.56 Å². The van der Waals surface area contributed by atoms with Crippen molar-refractivity contribution < 1.29 is 0 Å². The Morgan fingerprint density at radius 3 is 2.80 bits per heavy atom. The Labute approximate surface area is 122 Å². The van der Waals surface area contributed by atoms with Crippen molar-refractivity contribution in [1.29, 1.82) is 0 Å². The van der Waals surface area contributed by atoms with Crippen LogP contribution >= 0.6 is 11.3 Å². The Hall–Kier alpha value is -2.14. The number of anilines is 1. The largest absolute Gasteiger partial charge is 0.363 e. The fourth-order valence-corrected chi connectivity index (χ4v) is 2.60. The molecule has 0 aliphatic heterocycles. The van der Waals surface area contributed by atoms with Gasteiger partial charge >= 0.3 is 0 Å². The minimum Gasteiger partial charge on any atom is -0.363 e. The van der Waals surface area contributed by atoms with Gasteiger partial charge in [-0.2, -0.15) is 5.10 Å². The van der Waals surface area contributed by atoms with Crippen LogP contribution in [0.1, 0.15) is 16.3 Å². The first-order valence-electron chi connectivity index (χ1n) is 6.52. The highest BCUT2D eigenvalue weighted by molar-refractivity contribution is 7.09. The summed E-state index contributed by atoms with van der Waals surface area (Å²) in [5.41, 5.74) is 2.31. The van der Waals surface area contributed by atoms with Crippen LogP contribution < -0.4 is 5.32 Å². The Morgan fingerprint density at radius 2 is 2.05 bits per heavy atom. The number of nitrogens with zero attached hydrogens (tertiary/aromatic N) is 3. The Balaban J connectivity index is 1.59. The number of thiazole rings is 1. The highest BCUT2D eigenvalue weighted by Crippen LogP contribution is 2.11. The molecule has 0 atom stereocenters. The highest BCUT2D eigenvalue weighted by Gasteiger charge is 2.02. The molecule has 0 amide bonds. The van der Waals surface area contributed by atoms with Gasteiger partial charge in [-0.3, -0.25) is 4.68 Å². The average Bonchev–Trinajstić information content (AvgIpc) is 3.07. The minimum absolute atomic E-state index is 0.715. The third kappa shape index (κ3) is 3.24. The average molecular weight is 284 g/mol. The molecule has 0 saturated carbocycles. The van der Waals surface area contributed by atoms with Crippen LogP contribution in [0.5, 0.6) is 0 Å². The van der Waals surface area contributed by atoms with Crippen LogP contribution in [-0.4, -0.2) is 14.8 Å². The predicted molar refractivity (Wildman–Crippen MR) is 81.9 cm³/mol. The number of nitrogens with one attached hydrogen (secondary N) is 1.